The van der Waals surface area contributed by atoms with Crippen molar-refractivity contribution in [2.75, 3.05) is 57.4 Å². The third-order valence-corrected chi connectivity index (χ3v) is 18.6. The first-order valence-electron chi connectivity index (χ1n) is 27.4. The van der Waals surface area contributed by atoms with E-state index in [1.165, 1.54) is 33.8 Å². The van der Waals surface area contributed by atoms with Crippen molar-refractivity contribution >= 4 is 52.1 Å². The summed E-state index contributed by atoms with van der Waals surface area (Å²) in [5, 5.41) is 19.5. The Hall–Kier alpha value is -6.28. The molecule has 5 amide bonds. The largest absolute Gasteiger partial charge is 0.488 e. The van der Waals surface area contributed by atoms with E-state index in [1.54, 1.807) is 7.05 Å². The monoisotopic (exact) mass is 1100 g/mol. The number of rotatable bonds is 13. The molecule has 5 heterocycles. The third-order valence-electron chi connectivity index (χ3n) is 18.2. The molecule has 1 aromatic heterocycles. The number of nitrogens with two attached hydrogens (primary N) is 1. The fraction of sp³-hybridized carbons (Fsp3) is 0.500. The summed E-state index contributed by atoms with van der Waals surface area (Å²) in [4.78, 5) is 57.1. The average Bonchev–Trinajstić information content (AvgIpc) is 4.30. The summed E-state index contributed by atoms with van der Waals surface area (Å²) in [5.74, 6) is -5.31. The minimum absolute atomic E-state index is 0.0412. The number of halogens is 5. The van der Waals surface area contributed by atoms with Crippen LogP contribution in [0.4, 0.5) is 28.2 Å². The number of carbonyl (C=O) groups is 4. The molecule has 6 aliphatic rings. The number of imide groups is 1. The molecule has 414 valence electrons. The molecule has 3 saturated heterocycles. The molecule has 5 fully saturated rings. The van der Waals surface area contributed by atoms with Crippen molar-refractivity contribution in [1.29, 1.82) is 0 Å². The summed E-state index contributed by atoms with van der Waals surface area (Å²) in [6.07, 6.45) is 9.27. The van der Waals surface area contributed by atoms with Crippen LogP contribution in [0.1, 0.15) is 123 Å². The molecule has 2 aliphatic carbocycles. The Morgan fingerprint density at radius 3 is 2.32 bits per heavy atom. The highest BCUT2D eigenvalue weighted by Crippen LogP contribution is 2.57. The maximum atomic E-state index is 16.5. The van der Waals surface area contributed by atoms with Gasteiger partial charge in [0, 0.05) is 91.9 Å². The van der Waals surface area contributed by atoms with Gasteiger partial charge in [0.1, 0.15) is 29.5 Å². The van der Waals surface area contributed by atoms with Gasteiger partial charge in [0.15, 0.2) is 28.8 Å². The van der Waals surface area contributed by atoms with Crippen LogP contribution in [0.3, 0.4) is 0 Å². The van der Waals surface area contributed by atoms with Crippen LogP contribution in [0.15, 0.2) is 54.6 Å². The van der Waals surface area contributed by atoms with Crippen LogP contribution < -0.4 is 30.7 Å². The Bertz CT molecular complexity index is 3180. The number of primary amides is 1. The van der Waals surface area contributed by atoms with E-state index >= 15 is 17.6 Å². The van der Waals surface area contributed by atoms with Crippen molar-refractivity contribution < 1.29 is 51.3 Å². The maximum absolute atomic E-state index is 16.5. The summed E-state index contributed by atoms with van der Waals surface area (Å²) in [6, 6.07) is 14.2. The molecule has 11 rings (SSSR count). The van der Waals surface area contributed by atoms with Gasteiger partial charge in [-0.2, -0.15) is 5.10 Å². The van der Waals surface area contributed by atoms with Crippen molar-refractivity contribution in [2.45, 2.75) is 113 Å². The fourth-order valence-corrected chi connectivity index (χ4v) is 14.2. The van der Waals surface area contributed by atoms with Gasteiger partial charge in [0.2, 0.25) is 17.7 Å². The van der Waals surface area contributed by atoms with E-state index in [9.17, 15) is 24.3 Å². The lowest BCUT2D eigenvalue weighted by atomic mass is 9.76. The van der Waals surface area contributed by atoms with Gasteiger partial charge in [-0.3, -0.25) is 29.3 Å². The quantitative estimate of drug-likeness (QED) is 0.0831. The normalized spacial score (nSPS) is 24.7. The molecule has 1 spiro atoms. The van der Waals surface area contributed by atoms with Crippen LogP contribution in [0.5, 0.6) is 11.5 Å². The number of aliphatic hydroxyl groups excluding tert-OH is 1. The van der Waals surface area contributed by atoms with Gasteiger partial charge in [0.05, 0.1) is 22.6 Å². The minimum atomic E-state index is -1.13. The molecule has 4 aromatic carbocycles. The molecular formula is C58H65ClF4N8O7. The number of likely N-dealkylation sites (tertiary alicyclic amines) is 2. The number of aliphatic hydroxyl groups is 1. The van der Waals surface area contributed by atoms with Gasteiger partial charge >= 0.3 is 6.03 Å². The molecule has 4 aliphatic heterocycles. The molecule has 1 unspecified atom stereocenters. The molecule has 2 saturated carbocycles. The van der Waals surface area contributed by atoms with Crippen LogP contribution in [0.25, 0.3) is 22.0 Å². The van der Waals surface area contributed by atoms with Gasteiger partial charge in [-0.15, -0.1) is 0 Å². The zero-order chi connectivity index (χ0) is 54.8. The molecule has 20 heteroatoms. The van der Waals surface area contributed by atoms with Crippen molar-refractivity contribution in [1.82, 2.24) is 30.2 Å². The third kappa shape index (κ3) is 9.55. The first-order chi connectivity index (χ1) is 37.5. The van der Waals surface area contributed by atoms with Crippen LogP contribution in [0, 0.1) is 34.6 Å². The highest BCUT2D eigenvalue weighted by Gasteiger charge is 2.51. The van der Waals surface area contributed by atoms with Gasteiger partial charge in [-0.05, 0) is 119 Å². The average molecular weight is 1100 g/mol. The van der Waals surface area contributed by atoms with Gasteiger partial charge < -0.3 is 35.4 Å². The fourth-order valence-electron chi connectivity index (χ4n) is 14.0. The van der Waals surface area contributed by atoms with Crippen molar-refractivity contribution in [3.8, 4) is 22.6 Å². The summed E-state index contributed by atoms with van der Waals surface area (Å²) in [7, 11) is 1.57. The topological polar surface area (TPSA) is 185 Å². The second-order valence-electron chi connectivity index (χ2n) is 22.4. The maximum Gasteiger partial charge on any atom is 0.329 e. The summed E-state index contributed by atoms with van der Waals surface area (Å²) in [6.45, 7) is 4.52. The molecule has 0 radical (unpaired) electrons. The lowest BCUT2D eigenvalue weighted by Gasteiger charge is -2.42. The molecule has 5 aromatic rings. The number of nitrogens with one attached hydrogen (secondary N) is 2. The van der Waals surface area contributed by atoms with E-state index in [0.717, 1.165) is 76.7 Å². The lowest BCUT2D eigenvalue weighted by molar-refractivity contribution is -0.139. The number of urea groups is 1. The van der Waals surface area contributed by atoms with E-state index in [4.69, 9.17) is 26.8 Å². The first kappa shape index (κ1) is 53.7. The van der Waals surface area contributed by atoms with Crippen LogP contribution in [0.2, 0.25) is 5.02 Å². The Morgan fingerprint density at radius 1 is 0.897 bits per heavy atom. The van der Waals surface area contributed by atoms with Crippen LogP contribution in [-0.4, -0.2) is 113 Å². The molecule has 78 heavy (non-hydrogen) atoms. The lowest BCUT2D eigenvalue weighted by Crippen LogP contribution is -2.49. The number of benzene rings is 4. The number of aromatic nitrogens is 2. The van der Waals surface area contributed by atoms with Gasteiger partial charge in [-0.1, -0.05) is 48.9 Å². The zero-order valence-corrected chi connectivity index (χ0v) is 44.6. The van der Waals surface area contributed by atoms with E-state index < -0.39 is 64.3 Å². The SMILES string of the molecule is C[C@H]1c2c(cc(F)c(Cl)c2-c2c(C(N)=O)ccc(OCCO)c2F)O[C@]1(CNC1CCC(C(=O)N2CCC3(CCC(N4CCC(c5c(F)cc6c(N7CCC(=O)NC7=O)nn(C)c6c5F)CC4)C3)CC2)CC1)c1ccccc1. The Balaban J connectivity index is 0.696. The number of ether oxygens (including phenoxy) is 2. The number of piperidine rings is 2. The van der Waals surface area contributed by atoms with E-state index in [-0.39, 0.29) is 106 Å². The van der Waals surface area contributed by atoms with E-state index in [0.29, 0.717) is 37.3 Å². The highest BCUT2D eigenvalue weighted by atomic mass is 35.5. The van der Waals surface area contributed by atoms with E-state index in [2.05, 4.69) is 25.5 Å². The first-order valence-corrected chi connectivity index (χ1v) is 27.7. The number of hydrogen-bond donors (Lipinski definition) is 4. The zero-order valence-electron chi connectivity index (χ0n) is 43.8. The number of amides is 5. The number of anilines is 1. The Labute approximate surface area is 454 Å². The molecular weight excluding hydrogens is 1030 g/mol. The smallest absolute Gasteiger partial charge is 0.329 e. The van der Waals surface area contributed by atoms with Gasteiger partial charge in [0.25, 0.3) is 0 Å². The number of hydrogen-bond acceptors (Lipinski definition) is 10. The molecule has 5 N–H and O–H groups in total. The molecule has 15 nitrogen and oxygen atoms in total. The number of carbonyl (C=O) groups excluding carboxylic acids is 4. The summed E-state index contributed by atoms with van der Waals surface area (Å²) < 4.78 is 78.3. The predicted octanol–water partition coefficient (Wildman–Crippen LogP) is 8.95. The molecule has 0 bridgehead atoms. The molecule has 3 atom stereocenters. The highest BCUT2D eigenvalue weighted by molar-refractivity contribution is 6.34. The van der Waals surface area contributed by atoms with Crippen molar-refractivity contribution in [3.05, 3.63) is 105 Å². The second-order valence-corrected chi connectivity index (χ2v) is 22.8. The minimum Gasteiger partial charge on any atom is -0.488 e. The summed E-state index contributed by atoms with van der Waals surface area (Å²) >= 11 is 6.73. The second kappa shape index (κ2) is 21.4. The number of aryl methyl sites for hydroxylation is 1. The number of nitrogens with zero attached hydrogens (tertiary/aromatic N) is 5. The van der Waals surface area contributed by atoms with Gasteiger partial charge in [-0.25, -0.2) is 22.4 Å². The summed E-state index contributed by atoms with van der Waals surface area (Å²) in [5.41, 5.74) is 5.56. The Morgan fingerprint density at radius 2 is 1.63 bits per heavy atom. The van der Waals surface area contributed by atoms with Crippen molar-refractivity contribution in [2.24, 2.45) is 24.1 Å². The standard InChI is InChI=1S/C58H65ClF4N8O7/c1-32-45-43(29-41(61)49(59)48(45)47-38(53(64)74)12-13-42(50(47)62)77-27-26-72)78-58(32,35-6-4-3-5-7-35)31-65-36-10-8-34(9-11-36)55(75)70-24-19-57(20-25-70)18-14-37(30-57)69-21-15-33(16-22-69)46-40(60)28-39-52(51(46)63)68(2)67-54(39)71-23-17-44(73)66-56(71)76/h3-7,12-13,28-29,32-34,36-37,65,72H,8-11,14-27,30-31H2,1-2H3,(H2,64,74)(H,66,73,76)/t32-,34?,36?,37?,58-/m0/s1. The number of fused-ring (bicyclic) bond motifs is 2. The van der Waals surface area contributed by atoms with Crippen LogP contribution >= 0.6 is 11.6 Å². The predicted molar refractivity (Wildman–Crippen MR) is 284 cm³/mol. The Kier molecular flexibility index (Phi) is 14.7. The van der Waals surface area contributed by atoms with Crippen molar-refractivity contribution in [3.63, 3.8) is 0 Å². The van der Waals surface area contributed by atoms with E-state index in [1.807, 2.05) is 37.3 Å². The van der Waals surface area contributed by atoms with Crippen LogP contribution in [-0.2, 0) is 22.2 Å².